The Kier molecular flexibility index (Phi) is 8.30. The van der Waals surface area contributed by atoms with Gasteiger partial charge in [-0.1, -0.05) is 81.4 Å². The normalized spacial score (nSPS) is 16.0. The zero-order valence-corrected chi connectivity index (χ0v) is 23.3. The first-order chi connectivity index (χ1) is 17.3. The lowest BCUT2D eigenvalue weighted by Crippen LogP contribution is -2.47. The second-order valence-corrected chi connectivity index (χ2v) is 12.9. The standard InChI is InChI=1S/C31H38N3OSi/c1-31(2,3)28-13-9-12-27(30(28)35-36(4)5)29(26-16-14-24(22-32)15-17-26)34-20-18-33(19-21-34)23-25-10-7-6-8-11-25/h6-17,29H,18-21,23H2,1-5H3. The summed E-state index contributed by atoms with van der Waals surface area (Å²) >= 11 is 0. The Hall–Kier alpha value is -2.91. The molecule has 0 N–H and O–H groups in total. The van der Waals surface area contributed by atoms with Gasteiger partial charge >= 0.3 is 0 Å². The number of para-hydroxylation sites is 1. The maximum absolute atomic E-state index is 9.37. The monoisotopic (exact) mass is 496 g/mol. The van der Waals surface area contributed by atoms with E-state index in [0.717, 1.165) is 38.5 Å². The number of nitriles is 1. The molecule has 187 valence electrons. The molecule has 1 fully saturated rings. The van der Waals surface area contributed by atoms with Crippen LogP contribution in [0.4, 0.5) is 0 Å². The molecule has 1 aliphatic rings. The van der Waals surface area contributed by atoms with Crippen molar-refractivity contribution in [3.8, 4) is 11.8 Å². The fraction of sp³-hybridized carbons (Fsp3) is 0.387. The second-order valence-electron chi connectivity index (χ2n) is 10.9. The largest absolute Gasteiger partial charge is 0.542 e. The molecule has 0 bridgehead atoms. The summed E-state index contributed by atoms with van der Waals surface area (Å²) in [5.41, 5.74) is 5.73. The fourth-order valence-corrected chi connectivity index (χ4v) is 5.66. The molecule has 1 atom stereocenters. The van der Waals surface area contributed by atoms with Gasteiger partial charge in [-0.2, -0.15) is 5.26 Å². The van der Waals surface area contributed by atoms with Gasteiger partial charge in [-0.3, -0.25) is 9.80 Å². The van der Waals surface area contributed by atoms with E-state index in [4.69, 9.17) is 4.43 Å². The van der Waals surface area contributed by atoms with Crippen molar-refractivity contribution in [3.05, 3.63) is 101 Å². The van der Waals surface area contributed by atoms with Crippen LogP contribution in [-0.2, 0) is 12.0 Å². The predicted octanol–water partition coefficient (Wildman–Crippen LogP) is 6.39. The summed E-state index contributed by atoms with van der Waals surface area (Å²) in [5, 5.41) is 9.37. The minimum Gasteiger partial charge on any atom is -0.542 e. The Morgan fingerprint density at radius 2 is 1.56 bits per heavy atom. The summed E-state index contributed by atoms with van der Waals surface area (Å²) in [6, 6.07) is 27.9. The van der Waals surface area contributed by atoms with E-state index in [1.807, 2.05) is 12.1 Å². The van der Waals surface area contributed by atoms with E-state index in [-0.39, 0.29) is 11.5 Å². The van der Waals surface area contributed by atoms with Crippen molar-refractivity contribution < 1.29 is 4.43 Å². The van der Waals surface area contributed by atoms with Gasteiger partial charge in [-0.25, -0.2) is 0 Å². The molecule has 1 heterocycles. The number of benzene rings is 3. The van der Waals surface area contributed by atoms with E-state index in [1.165, 1.54) is 22.3 Å². The van der Waals surface area contributed by atoms with Gasteiger partial charge in [0.2, 0.25) is 0 Å². The Bertz CT molecular complexity index is 1170. The van der Waals surface area contributed by atoms with Crippen LogP contribution >= 0.6 is 0 Å². The summed E-state index contributed by atoms with van der Waals surface area (Å²) in [4.78, 5) is 5.14. The molecule has 4 nitrogen and oxygen atoms in total. The molecular weight excluding hydrogens is 458 g/mol. The van der Waals surface area contributed by atoms with Crippen molar-refractivity contribution in [2.24, 2.45) is 0 Å². The zero-order valence-electron chi connectivity index (χ0n) is 22.3. The summed E-state index contributed by atoms with van der Waals surface area (Å²) in [6.07, 6.45) is 0. The highest BCUT2D eigenvalue weighted by Crippen LogP contribution is 2.41. The van der Waals surface area contributed by atoms with Crippen molar-refractivity contribution in [2.45, 2.75) is 51.9 Å². The van der Waals surface area contributed by atoms with Crippen LogP contribution in [0, 0.1) is 11.3 Å². The molecule has 1 aliphatic heterocycles. The van der Waals surface area contributed by atoms with Crippen molar-refractivity contribution in [2.75, 3.05) is 26.2 Å². The molecule has 0 aromatic heterocycles. The Balaban J connectivity index is 1.70. The summed E-state index contributed by atoms with van der Waals surface area (Å²) in [7, 11) is -0.958. The minimum atomic E-state index is -0.958. The maximum Gasteiger partial charge on any atom is 0.274 e. The molecular formula is C31H38N3OSi. The van der Waals surface area contributed by atoms with E-state index >= 15 is 0 Å². The van der Waals surface area contributed by atoms with Gasteiger partial charge in [0, 0.05) is 38.3 Å². The molecule has 5 heteroatoms. The van der Waals surface area contributed by atoms with E-state index in [0.29, 0.717) is 5.56 Å². The molecule has 0 saturated carbocycles. The van der Waals surface area contributed by atoms with Gasteiger partial charge in [-0.05, 0) is 47.3 Å². The topological polar surface area (TPSA) is 39.5 Å². The van der Waals surface area contributed by atoms with Gasteiger partial charge in [0.1, 0.15) is 5.75 Å². The molecule has 3 aromatic rings. The fourth-order valence-electron chi connectivity index (χ4n) is 5.03. The first-order valence-corrected chi connectivity index (χ1v) is 15.3. The number of hydrogen-bond acceptors (Lipinski definition) is 4. The quantitative estimate of drug-likeness (QED) is 0.355. The highest BCUT2D eigenvalue weighted by Gasteiger charge is 2.31. The molecule has 1 saturated heterocycles. The average Bonchev–Trinajstić information content (AvgIpc) is 2.86. The molecule has 36 heavy (non-hydrogen) atoms. The van der Waals surface area contributed by atoms with Crippen LogP contribution in [0.25, 0.3) is 0 Å². The average molecular weight is 497 g/mol. The van der Waals surface area contributed by atoms with Crippen LogP contribution in [0.5, 0.6) is 5.75 Å². The molecule has 1 unspecified atom stereocenters. The summed E-state index contributed by atoms with van der Waals surface area (Å²) < 4.78 is 6.65. The summed E-state index contributed by atoms with van der Waals surface area (Å²) in [6.45, 7) is 16.2. The number of piperazine rings is 1. The van der Waals surface area contributed by atoms with Gasteiger partial charge in [0.15, 0.2) is 0 Å². The Labute approximate surface area is 218 Å². The molecule has 0 amide bonds. The predicted molar refractivity (Wildman–Crippen MR) is 150 cm³/mol. The van der Waals surface area contributed by atoms with Gasteiger partial charge in [-0.15, -0.1) is 0 Å². The van der Waals surface area contributed by atoms with Gasteiger partial charge < -0.3 is 4.43 Å². The lowest BCUT2D eigenvalue weighted by Gasteiger charge is -2.41. The highest BCUT2D eigenvalue weighted by molar-refractivity contribution is 6.49. The lowest BCUT2D eigenvalue weighted by atomic mass is 9.83. The molecule has 4 rings (SSSR count). The number of rotatable bonds is 7. The van der Waals surface area contributed by atoms with Crippen molar-refractivity contribution >= 4 is 9.04 Å². The first kappa shape index (κ1) is 26.2. The molecule has 0 aliphatic carbocycles. The van der Waals surface area contributed by atoms with Gasteiger partial charge in [0.05, 0.1) is 17.7 Å². The SMILES string of the molecule is C[Si](C)Oc1c(C(c2ccc(C#N)cc2)N2CCN(Cc3ccccc3)CC2)cccc1C(C)(C)C. The first-order valence-electron chi connectivity index (χ1n) is 12.9. The van der Waals surface area contributed by atoms with Gasteiger partial charge in [0.25, 0.3) is 9.04 Å². The highest BCUT2D eigenvalue weighted by atomic mass is 28.3. The van der Waals surface area contributed by atoms with Crippen LogP contribution in [-0.4, -0.2) is 45.0 Å². The second kappa shape index (κ2) is 11.4. The van der Waals surface area contributed by atoms with E-state index in [9.17, 15) is 5.26 Å². The minimum absolute atomic E-state index is 0.0216. The third-order valence-corrected chi connectivity index (χ3v) is 7.44. The van der Waals surface area contributed by atoms with Crippen LogP contribution in [0.2, 0.25) is 13.1 Å². The van der Waals surface area contributed by atoms with Crippen LogP contribution in [0.3, 0.4) is 0 Å². The van der Waals surface area contributed by atoms with Crippen molar-refractivity contribution in [1.82, 2.24) is 9.80 Å². The number of hydrogen-bond donors (Lipinski definition) is 0. The lowest BCUT2D eigenvalue weighted by molar-refractivity contribution is 0.104. The molecule has 1 radical (unpaired) electrons. The van der Waals surface area contributed by atoms with Crippen molar-refractivity contribution in [3.63, 3.8) is 0 Å². The van der Waals surface area contributed by atoms with Crippen molar-refractivity contribution in [1.29, 1.82) is 5.26 Å². The Morgan fingerprint density at radius 1 is 0.889 bits per heavy atom. The molecule has 0 spiro atoms. The molecule has 3 aromatic carbocycles. The van der Waals surface area contributed by atoms with Crippen LogP contribution < -0.4 is 4.43 Å². The third kappa shape index (κ3) is 6.25. The third-order valence-electron chi connectivity index (χ3n) is 6.83. The maximum atomic E-state index is 9.37. The Morgan fingerprint density at radius 3 is 2.14 bits per heavy atom. The zero-order chi connectivity index (χ0) is 25.7. The van der Waals surface area contributed by atoms with E-state index in [1.54, 1.807) is 0 Å². The van der Waals surface area contributed by atoms with E-state index < -0.39 is 9.04 Å². The number of nitrogens with zero attached hydrogens (tertiary/aromatic N) is 3. The summed E-state index contributed by atoms with van der Waals surface area (Å²) in [5.74, 6) is 1.05. The van der Waals surface area contributed by atoms with Crippen LogP contribution in [0.1, 0.15) is 54.6 Å². The smallest absolute Gasteiger partial charge is 0.274 e. The van der Waals surface area contributed by atoms with E-state index in [2.05, 4.69) is 110 Å². The van der Waals surface area contributed by atoms with Crippen LogP contribution in [0.15, 0.2) is 72.8 Å².